The standard InChI is InChI=1S/C23H26N2O6S/c1-16-8-9-20(14-17(16)2)32(29,30)25-12-10-19(11-13-25)23(28)31-15-21(26)24-22(27)18-6-4-3-5-7-18/h3-9,14,19H,10-13,15H2,1-2H3,(H,24,26,27). The second-order valence-electron chi connectivity index (χ2n) is 7.78. The van der Waals surface area contributed by atoms with E-state index in [4.69, 9.17) is 4.74 Å². The van der Waals surface area contributed by atoms with Crippen LogP contribution < -0.4 is 5.32 Å². The van der Waals surface area contributed by atoms with Crippen molar-refractivity contribution in [2.45, 2.75) is 31.6 Å². The first-order chi connectivity index (χ1) is 15.2. The smallest absolute Gasteiger partial charge is 0.309 e. The van der Waals surface area contributed by atoms with E-state index in [0.717, 1.165) is 11.1 Å². The Morgan fingerprint density at radius 2 is 1.66 bits per heavy atom. The number of nitrogens with one attached hydrogen (secondary N) is 1. The van der Waals surface area contributed by atoms with Crippen LogP contribution in [0.5, 0.6) is 0 Å². The first kappa shape index (κ1) is 23.6. The number of imide groups is 1. The number of benzene rings is 2. The Labute approximate surface area is 187 Å². The van der Waals surface area contributed by atoms with E-state index in [1.165, 1.54) is 4.31 Å². The fourth-order valence-electron chi connectivity index (χ4n) is 3.43. The van der Waals surface area contributed by atoms with Crippen molar-refractivity contribution in [3.8, 4) is 0 Å². The van der Waals surface area contributed by atoms with Gasteiger partial charge in [0.25, 0.3) is 11.8 Å². The van der Waals surface area contributed by atoms with Gasteiger partial charge in [0.15, 0.2) is 6.61 Å². The zero-order chi connectivity index (χ0) is 23.3. The van der Waals surface area contributed by atoms with Gasteiger partial charge in [-0.3, -0.25) is 19.7 Å². The number of ether oxygens (including phenoxy) is 1. The highest BCUT2D eigenvalue weighted by molar-refractivity contribution is 7.89. The molecule has 2 aromatic rings. The summed E-state index contributed by atoms with van der Waals surface area (Å²) < 4.78 is 32.2. The Kier molecular flexibility index (Phi) is 7.42. The highest BCUT2D eigenvalue weighted by atomic mass is 32.2. The van der Waals surface area contributed by atoms with Gasteiger partial charge in [-0.2, -0.15) is 4.31 Å². The summed E-state index contributed by atoms with van der Waals surface area (Å²) in [7, 11) is -3.64. The molecule has 170 valence electrons. The number of carbonyl (C=O) groups excluding carboxylic acids is 3. The first-order valence-electron chi connectivity index (χ1n) is 10.3. The quantitative estimate of drug-likeness (QED) is 0.665. The maximum atomic E-state index is 12.9. The molecule has 0 atom stereocenters. The molecule has 1 aliphatic rings. The van der Waals surface area contributed by atoms with E-state index in [1.807, 2.05) is 13.8 Å². The predicted molar refractivity (Wildman–Crippen MR) is 117 cm³/mol. The molecule has 0 aliphatic carbocycles. The van der Waals surface area contributed by atoms with Gasteiger partial charge in [-0.05, 0) is 62.1 Å². The van der Waals surface area contributed by atoms with E-state index < -0.39 is 40.3 Å². The number of aryl methyl sites for hydroxylation is 2. The Bertz CT molecular complexity index is 1110. The molecule has 32 heavy (non-hydrogen) atoms. The largest absolute Gasteiger partial charge is 0.455 e. The molecule has 1 N–H and O–H groups in total. The lowest BCUT2D eigenvalue weighted by Crippen LogP contribution is -2.41. The van der Waals surface area contributed by atoms with E-state index in [-0.39, 0.29) is 18.0 Å². The lowest BCUT2D eigenvalue weighted by molar-refractivity contribution is -0.153. The van der Waals surface area contributed by atoms with E-state index in [1.54, 1.807) is 48.5 Å². The van der Waals surface area contributed by atoms with E-state index >= 15 is 0 Å². The third-order valence-corrected chi connectivity index (χ3v) is 7.43. The molecule has 0 saturated carbocycles. The Morgan fingerprint density at radius 3 is 2.28 bits per heavy atom. The summed E-state index contributed by atoms with van der Waals surface area (Å²) in [6.45, 7) is 3.58. The van der Waals surface area contributed by atoms with Gasteiger partial charge in [-0.25, -0.2) is 8.42 Å². The van der Waals surface area contributed by atoms with Crippen LogP contribution in [0, 0.1) is 19.8 Å². The number of esters is 1. The molecule has 0 aromatic heterocycles. The van der Waals surface area contributed by atoms with Crippen LogP contribution in [-0.4, -0.2) is 50.2 Å². The summed E-state index contributed by atoms with van der Waals surface area (Å²) in [4.78, 5) is 36.4. The molecular formula is C23H26N2O6S. The van der Waals surface area contributed by atoms with Crippen molar-refractivity contribution >= 4 is 27.8 Å². The van der Waals surface area contributed by atoms with Crippen LogP contribution in [0.2, 0.25) is 0 Å². The zero-order valence-electron chi connectivity index (χ0n) is 18.0. The molecule has 0 spiro atoms. The fourth-order valence-corrected chi connectivity index (χ4v) is 4.99. The predicted octanol–water partition coefficient (Wildman–Crippen LogP) is 2.20. The summed E-state index contributed by atoms with van der Waals surface area (Å²) in [6, 6.07) is 13.2. The highest BCUT2D eigenvalue weighted by Crippen LogP contribution is 2.25. The SMILES string of the molecule is Cc1ccc(S(=O)(=O)N2CCC(C(=O)OCC(=O)NC(=O)c3ccccc3)CC2)cc1C. The van der Waals surface area contributed by atoms with Crippen LogP contribution in [0.1, 0.15) is 34.3 Å². The van der Waals surface area contributed by atoms with Gasteiger partial charge in [0.2, 0.25) is 10.0 Å². The van der Waals surface area contributed by atoms with E-state index in [2.05, 4.69) is 5.32 Å². The van der Waals surface area contributed by atoms with Gasteiger partial charge < -0.3 is 4.74 Å². The molecule has 2 aromatic carbocycles. The van der Waals surface area contributed by atoms with Crippen molar-refractivity contribution in [3.05, 3.63) is 65.2 Å². The van der Waals surface area contributed by atoms with Crippen molar-refractivity contribution in [3.63, 3.8) is 0 Å². The van der Waals surface area contributed by atoms with E-state index in [9.17, 15) is 22.8 Å². The minimum Gasteiger partial charge on any atom is -0.455 e. The molecule has 9 heteroatoms. The number of nitrogens with zero attached hydrogens (tertiary/aromatic N) is 1. The number of hydrogen-bond donors (Lipinski definition) is 1. The highest BCUT2D eigenvalue weighted by Gasteiger charge is 2.33. The van der Waals surface area contributed by atoms with Crippen molar-refractivity contribution < 1.29 is 27.5 Å². The summed E-state index contributed by atoms with van der Waals surface area (Å²) in [5.74, 6) is -2.37. The third kappa shape index (κ3) is 5.60. The Hall–Kier alpha value is -3.04. The van der Waals surface area contributed by atoms with E-state index in [0.29, 0.717) is 18.4 Å². The third-order valence-electron chi connectivity index (χ3n) is 5.54. The lowest BCUT2D eigenvalue weighted by Gasteiger charge is -2.30. The monoisotopic (exact) mass is 458 g/mol. The van der Waals surface area contributed by atoms with Crippen molar-refractivity contribution in [2.24, 2.45) is 5.92 Å². The number of sulfonamides is 1. The molecular weight excluding hydrogens is 432 g/mol. The van der Waals surface area contributed by atoms with Crippen molar-refractivity contribution in [1.82, 2.24) is 9.62 Å². The molecule has 8 nitrogen and oxygen atoms in total. The van der Waals surface area contributed by atoms with Gasteiger partial charge in [0, 0.05) is 18.7 Å². The molecule has 0 unspecified atom stereocenters. The topological polar surface area (TPSA) is 110 Å². The average Bonchev–Trinajstić information content (AvgIpc) is 2.79. The summed E-state index contributed by atoms with van der Waals surface area (Å²) in [5, 5.41) is 2.17. The Morgan fingerprint density at radius 1 is 1.00 bits per heavy atom. The molecule has 0 radical (unpaired) electrons. The van der Waals surface area contributed by atoms with Gasteiger partial charge >= 0.3 is 5.97 Å². The minimum absolute atomic E-state index is 0.188. The van der Waals surface area contributed by atoms with Gasteiger partial charge in [0.1, 0.15) is 0 Å². The number of piperidine rings is 1. The fraction of sp³-hybridized carbons (Fsp3) is 0.348. The van der Waals surface area contributed by atoms with Crippen LogP contribution >= 0.6 is 0 Å². The molecule has 0 bridgehead atoms. The molecule has 1 fully saturated rings. The maximum Gasteiger partial charge on any atom is 0.309 e. The lowest BCUT2D eigenvalue weighted by atomic mass is 9.98. The Balaban J connectivity index is 1.48. The van der Waals surface area contributed by atoms with Gasteiger partial charge in [0.05, 0.1) is 10.8 Å². The zero-order valence-corrected chi connectivity index (χ0v) is 18.9. The maximum absolute atomic E-state index is 12.9. The molecule has 3 rings (SSSR count). The number of amides is 2. The van der Waals surface area contributed by atoms with Crippen LogP contribution in [0.15, 0.2) is 53.4 Å². The van der Waals surface area contributed by atoms with Crippen LogP contribution in [0.25, 0.3) is 0 Å². The van der Waals surface area contributed by atoms with Crippen LogP contribution in [0.4, 0.5) is 0 Å². The van der Waals surface area contributed by atoms with Gasteiger partial charge in [-0.15, -0.1) is 0 Å². The average molecular weight is 459 g/mol. The number of carbonyl (C=O) groups is 3. The normalized spacial score (nSPS) is 15.2. The summed E-state index contributed by atoms with van der Waals surface area (Å²) >= 11 is 0. The van der Waals surface area contributed by atoms with Crippen LogP contribution in [-0.2, 0) is 24.3 Å². The second-order valence-corrected chi connectivity index (χ2v) is 9.71. The van der Waals surface area contributed by atoms with Crippen molar-refractivity contribution in [1.29, 1.82) is 0 Å². The summed E-state index contributed by atoms with van der Waals surface area (Å²) in [6.07, 6.45) is 0.598. The number of rotatable bonds is 6. The first-order valence-corrected chi connectivity index (χ1v) is 11.8. The molecule has 1 aliphatic heterocycles. The second kappa shape index (κ2) is 10.1. The molecule has 1 heterocycles. The molecule has 2 amide bonds. The van der Waals surface area contributed by atoms with Gasteiger partial charge in [-0.1, -0.05) is 24.3 Å². The van der Waals surface area contributed by atoms with Crippen LogP contribution in [0.3, 0.4) is 0 Å². The molecule has 1 saturated heterocycles. The minimum atomic E-state index is -3.64. The van der Waals surface area contributed by atoms with Crippen molar-refractivity contribution in [2.75, 3.05) is 19.7 Å². The summed E-state index contributed by atoms with van der Waals surface area (Å²) in [5.41, 5.74) is 2.23. The number of hydrogen-bond acceptors (Lipinski definition) is 6.